The predicted molar refractivity (Wildman–Crippen MR) is 113 cm³/mol. The Balaban J connectivity index is 3.13. The van der Waals surface area contributed by atoms with E-state index in [1.807, 2.05) is 0 Å². The molecule has 162 valence electrons. The molecule has 4 heteroatoms. The number of carbonyl (C=O) groups excluding carboxylic acids is 1. The molecule has 27 heavy (non-hydrogen) atoms. The maximum absolute atomic E-state index is 11.4. The van der Waals surface area contributed by atoms with E-state index in [9.17, 15) is 4.79 Å². The van der Waals surface area contributed by atoms with E-state index in [0.717, 1.165) is 25.7 Å². The summed E-state index contributed by atoms with van der Waals surface area (Å²) in [5.74, 6) is 0. The lowest BCUT2D eigenvalue weighted by Gasteiger charge is -2.05. The monoisotopic (exact) mass is 386 g/mol. The fraction of sp³-hybridized carbons (Fsp3) is 0.957. The van der Waals surface area contributed by atoms with Gasteiger partial charge in [-0.3, -0.25) is 4.89 Å². The molecule has 0 rings (SSSR count). The highest BCUT2D eigenvalue weighted by Gasteiger charge is 2.04. The summed E-state index contributed by atoms with van der Waals surface area (Å²) >= 11 is 0. The maximum atomic E-state index is 11.4. The molecule has 0 spiro atoms. The molecule has 0 aliphatic carbocycles. The first-order valence-corrected chi connectivity index (χ1v) is 11.8. The first-order valence-electron chi connectivity index (χ1n) is 11.8. The van der Waals surface area contributed by atoms with Crippen LogP contribution in [-0.2, 0) is 14.5 Å². The molecule has 0 radical (unpaired) electrons. The molecule has 0 saturated carbocycles. The van der Waals surface area contributed by atoms with Crippen LogP contribution in [0.2, 0.25) is 0 Å². The molecule has 0 fully saturated rings. The van der Waals surface area contributed by atoms with Gasteiger partial charge >= 0.3 is 6.16 Å². The van der Waals surface area contributed by atoms with Crippen LogP contribution in [0.1, 0.15) is 129 Å². The van der Waals surface area contributed by atoms with Gasteiger partial charge < -0.3 is 4.74 Å². The average molecular weight is 387 g/mol. The van der Waals surface area contributed by atoms with Crippen molar-refractivity contribution in [2.45, 2.75) is 129 Å². The van der Waals surface area contributed by atoms with Crippen LogP contribution in [0.5, 0.6) is 0 Å². The second-order valence-corrected chi connectivity index (χ2v) is 7.66. The van der Waals surface area contributed by atoms with Crippen molar-refractivity contribution in [3.63, 3.8) is 0 Å². The molecule has 0 aromatic heterocycles. The zero-order chi connectivity index (χ0) is 19.8. The Hall–Kier alpha value is -0.770. The predicted octanol–water partition coefficient (Wildman–Crippen LogP) is 8.13. The van der Waals surface area contributed by atoms with Gasteiger partial charge in [0.2, 0.25) is 0 Å². The molecule has 0 aliphatic rings. The largest absolute Gasteiger partial charge is 0.540 e. The average Bonchev–Trinajstić information content (AvgIpc) is 2.67. The minimum atomic E-state index is -0.703. The maximum Gasteiger partial charge on any atom is 0.540 e. The van der Waals surface area contributed by atoms with Crippen LogP contribution in [0.25, 0.3) is 0 Å². The van der Waals surface area contributed by atoms with E-state index in [4.69, 9.17) is 9.62 Å². The second-order valence-electron chi connectivity index (χ2n) is 7.66. The van der Waals surface area contributed by atoms with E-state index < -0.39 is 6.16 Å². The van der Waals surface area contributed by atoms with Gasteiger partial charge in [-0.25, -0.2) is 4.79 Å². The number of carbonyl (C=O) groups is 1. The van der Waals surface area contributed by atoms with Gasteiger partial charge in [0.05, 0.1) is 13.2 Å². The van der Waals surface area contributed by atoms with E-state index in [2.05, 4.69) is 18.7 Å². The van der Waals surface area contributed by atoms with Crippen LogP contribution < -0.4 is 0 Å². The zero-order valence-corrected chi connectivity index (χ0v) is 18.3. The Morgan fingerprint density at radius 3 is 1.33 bits per heavy atom. The molecule has 0 saturated heterocycles. The van der Waals surface area contributed by atoms with Crippen LogP contribution >= 0.6 is 0 Å². The molecule has 0 atom stereocenters. The van der Waals surface area contributed by atoms with Gasteiger partial charge in [0.1, 0.15) is 0 Å². The molecule has 0 unspecified atom stereocenters. The Labute approximate surface area is 168 Å². The number of rotatable bonds is 21. The summed E-state index contributed by atoms with van der Waals surface area (Å²) in [6.45, 7) is 5.38. The molecule has 0 heterocycles. The lowest BCUT2D eigenvalue weighted by molar-refractivity contribution is -0.255. The van der Waals surface area contributed by atoms with E-state index in [1.54, 1.807) is 0 Å². The van der Waals surface area contributed by atoms with Crippen molar-refractivity contribution in [3.05, 3.63) is 0 Å². The summed E-state index contributed by atoms with van der Waals surface area (Å²) in [6.07, 6.45) is 21.9. The molecule has 0 aliphatic heterocycles. The van der Waals surface area contributed by atoms with Crippen LogP contribution in [0.4, 0.5) is 4.79 Å². The smallest absolute Gasteiger partial charge is 0.432 e. The molecule has 0 aromatic carbocycles. The van der Waals surface area contributed by atoms with Crippen molar-refractivity contribution in [2.75, 3.05) is 13.2 Å². The van der Waals surface area contributed by atoms with Gasteiger partial charge in [-0.05, 0) is 12.8 Å². The quantitative estimate of drug-likeness (QED) is 0.0864. The number of hydrogen-bond donors (Lipinski definition) is 0. The minimum absolute atomic E-state index is 0.427. The highest BCUT2D eigenvalue weighted by Crippen LogP contribution is 2.10. The second kappa shape index (κ2) is 23.3. The van der Waals surface area contributed by atoms with Crippen molar-refractivity contribution in [1.29, 1.82) is 0 Å². The van der Waals surface area contributed by atoms with Crippen molar-refractivity contribution in [1.82, 2.24) is 0 Å². The summed E-state index contributed by atoms with van der Waals surface area (Å²) in [7, 11) is 0. The summed E-state index contributed by atoms with van der Waals surface area (Å²) < 4.78 is 5.01. The van der Waals surface area contributed by atoms with E-state index in [1.165, 1.54) is 89.9 Å². The van der Waals surface area contributed by atoms with Gasteiger partial charge in [0.25, 0.3) is 0 Å². The summed E-state index contributed by atoms with van der Waals surface area (Å²) in [4.78, 5) is 20.9. The minimum Gasteiger partial charge on any atom is -0.432 e. The SMILES string of the molecule is CCCCCCCCCCCOOC(=O)OCCCCCCCCCCC. The first kappa shape index (κ1) is 26.2. The molecule has 4 nitrogen and oxygen atoms in total. The Morgan fingerprint density at radius 2 is 0.889 bits per heavy atom. The van der Waals surface area contributed by atoms with Gasteiger partial charge in [-0.1, -0.05) is 117 Å². The van der Waals surface area contributed by atoms with Gasteiger partial charge in [0, 0.05) is 0 Å². The van der Waals surface area contributed by atoms with E-state index in [0.29, 0.717) is 13.2 Å². The third-order valence-electron chi connectivity index (χ3n) is 4.93. The topological polar surface area (TPSA) is 44.8 Å². The zero-order valence-electron chi connectivity index (χ0n) is 18.3. The summed E-state index contributed by atoms with van der Waals surface area (Å²) in [6, 6.07) is 0. The van der Waals surface area contributed by atoms with Crippen LogP contribution in [0, 0.1) is 0 Å². The van der Waals surface area contributed by atoms with E-state index >= 15 is 0 Å². The van der Waals surface area contributed by atoms with Crippen molar-refractivity contribution in [2.24, 2.45) is 0 Å². The van der Waals surface area contributed by atoms with Crippen LogP contribution in [-0.4, -0.2) is 19.4 Å². The van der Waals surface area contributed by atoms with Gasteiger partial charge in [0.15, 0.2) is 0 Å². The van der Waals surface area contributed by atoms with Crippen LogP contribution in [0.3, 0.4) is 0 Å². The van der Waals surface area contributed by atoms with Crippen molar-refractivity contribution < 1.29 is 19.3 Å². The molecule has 0 aromatic rings. The summed E-state index contributed by atoms with van der Waals surface area (Å²) in [5.41, 5.74) is 0. The third-order valence-corrected chi connectivity index (χ3v) is 4.93. The number of ether oxygens (including phenoxy) is 1. The van der Waals surface area contributed by atoms with E-state index in [-0.39, 0.29) is 0 Å². The molecule has 0 N–H and O–H groups in total. The van der Waals surface area contributed by atoms with Crippen LogP contribution in [0.15, 0.2) is 0 Å². The lowest BCUT2D eigenvalue weighted by atomic mass is 10.1. The fourth-order valence-corrected chi connectivity index (χ4v) is 3.15. The van der Waals surface area contributed by atoms with Gasteiger partial charge in [-0.2, -0.15) is 4.89 Å². The Kier molecular flexibility index (Phi) is 22.6. The summed E-state index contributed by atoms with van der Waals surface area (Å²) in [5, 5.41) is 0. The Bertz CT molecular complexity index is 294. The third kappa shape index (κ3) is 23.2. The lowest BCUT2D eigenvalue weighted by Crippen LogP contribution is -2.09. The molecule has 0 bridgehead atoms. The first-order chi connectivity index (χ1) is 13.3. The van der Waals surface area contributed by atoms with Crippen molar-refractivity contribution in [3.8, 4) is 0 Å². The normalized spacial score (nSPS) is 10.9. The number of hydrogen-bond acceptors (Lipinski definition) is 4. The van der Waals surface area contributed by atoms with Gasteiger partial charge in [-0.15, -0.1) is 0 Å². The number of unbranched alkanes of at least 4 members (excludes halogenated alkanes) is 16. The Morgan fingerprint density at radius 1 is 0.519 bits per heavy atom. The molecular formula is C23H46O4. The highest BCUT2D eigenvalue weighted by molar-refractivity contribution is 5.58. The molecular weight excluding hydrogens is 340 g/mol. The standard InChI is InChI=1S/C23H46O4/c1-3-5-7-9-11-13-15-17-19-21-25-23(24)27-26-22-20-18-16-14-12-10-8-6-4-2/h3-22H2,1-2H3. The highest BCUT2D eigenvalue weighted by atomic mass is 17.2. The fourth-order valence-electron chi connectivity index (χ4n) is 3.15. The molecule has 0 amide bonds. The van der Waals surface area contributed by atoms with Crippen molar-refractivity contribution >= 4 is 6.16 Å².